The summed E-state index contributed by atoms with van der Waals surface area (Å²) in [6, 6.07) is -11.1. The first-order valence-corrected chi connectivity index (χ1v) is 21.7. The molecule has 27 nitrogen and oxygen atoms in total. The molecule has 0 saturated carbocycles. The number of rotatable bonds is 30. The maximum atomic E-state index is 13.5. The van der Waals surface area contributed by atoms with E-state index in [0.29, 0.717) is 25.7 Å². The SMILES string of the molecule is CC(C)C[C@H](N)C(=O)NCC(=O)N[C@@H](CC(=O)O)C(=O)NCC(=O)N[C@@H](CO)C(=O)N1CCC[C@H]1C(=O)N[C@@H](CS)C(=O)N[C@@H](CCCCN)C(=O)N[C@@H](C)C(=O)N[C@@H](CC(N)=O)C(=O)O. The summed E-state index contributed by atoms with van der Waals surface area (Å²) in [5, 5.41) is 46.8. The second kappa shape index (κ2) is 29.4. The number of unbranched alkanes of at least 4 members (excludes halogenated alkanes) is 1. The molecule has 8 atom stereocenters. The highest BCUT2D eigenvalue weighted by Crippen LogP contribution is 2.19. The molecule has 66 heavy (non-hydrogen) atoms. The molecule has 0 bridgehead atoms. The van der Waals surface area contributed by atoms with Gasteiger partial charge >= 0.3 is 11.9 Å². The number of hydrogen-bond acceptors (Lipinski definition) is 16. The van der Waals surface area contributed by atoms with Crippen LogP contribution in [0.3, 0.4) is 0 Å². The van der Waals surface area contributed by atoms with Crippen molar-refractivity contribution < 1.29 is 72.9 Å². The molecule has 0 aromatic carbocycles. The first kappa shape index (κ1) is 57.9. The largest absolute Gasteiger partial charge is 0.481 e. The molecule has 1 heterocycles. The average molecular weight is 961 g/mol. The zero-order valence-corrected chi connectivity index (χ0v) is 37.9. The zero-order chi connectivity index (χ0) is 50.3. The van der Waals surface area contributed by atoms with Crippen molar-refractivity contribution in [1.82, 2.24) is 47.4 Å². The van der Waals surface area contributed by atoms with Gasteiger partial charge < -0.3 is 80.0 Å². The predicted molar refractivity (Wildman–Crippen MR) is 233 cm³/mol. The number of carbonyl (C=O) groups is 12. The number of amides is 10. The molecule has 0 aromatic rings. The number of thiol groups is 1. The summed E-state index contributed by atoms with van der Waals surface area (Å²) < 4.78 is 0. The third kappa shape index (κ3) is 20.8. The number of aliphatic hydroxyl groups excluding tert-OH is 1. The van der Waals surface area contributed by atoms with Crippen molar-refractivity contribution in [1.29, 1.82) is 0 Å². The van der Waals surface area contributed by atoms with E-state index >= 15 is 0 Å². The number of likely N-dealkylation sites (tertiary alicyclic amines) is 1. The molecule has 372 valence electrons. The fraction of sp³-hybridized carbons (Fsp3) is 0.684. The normalized spacial score (nSPS) is 16.4. The van der Waals surface area contributed by atoms with E-state index in [-0.39, 0.29) is 37.6 Å². The first-order valence-electron chi connectivity index (χ1n) is 21.0. The van der Waals surface area contributed by atoms with Gasteiger partial charge in [0.2, 0.25) is 59.1 Å². The highest BCUT2D eigenvalue weighted by atomic mass is 32.1. The monoisotopic (exact) mass is 960 g/mol. The van der Waals surface area contributed by atoms with E-state index in [1.54, 1.807) is 0 Å². The highest BCUT2D eigenvalue weighted by molar-refractivity contribution is 7.80. The summed E-state index contributed by atoms with van der Waals surface area (Å²) in [7, 11) is 0. The molecule has 0 spiro atoms. The van der Waals surface area contributed by atoms with Crippen LogP contribution >= 0.6 is 12.6 Å². The number of primary amides is 1. The van der Waals surface area contributed by atoms with E-state index < -0.39 is 152 Å². The quantitative estimate of drug-likeness (QED) is 0.0235. The van der Waals surface area contributed by atoms with Crippen LogP contribution in [0.25, 0.3) is 0 Å². The maximum absolute atomic E-state index is 13.5. The summed E-state index contributed by atoms with van der Waals surface area (Å²) in [5.41, 5.74) is 16.4. The van der Waals surface area contributed by atoms with Gasteiger partial charge in [0.1, 0.15) is 42.3 Å². The Balaban J connectivity index is 2.95. The van der Waals surface area contributed by atoms with Crippen molar-refractivity contribution >= 4 is 83.6 Å². The van der Waals surface area contributed by atoms with Crippen molar-refractivity contribution in [2.24, 2.45) is 23.1 Å². The molecule has 1 fully saturated rings. The second-order valence-electron chi connectivity index (χ2n) is 15.8. The first-order chi connectivity index (χ1) is 30.9. The van der Waals surface area contributed by atoms with Crippen molar-refractivity contribution in [2.75, 3.05) is 38.5 Å². The predicted octanol–water partition coefficient (Wildman–Crippen LogP) is -7.00. The van der Waals surface area contributed by atoms with Gasteiger partial charge in [-0.1, -0.05) is 13.8 Å². The minimum Gasteiger partial charge on any atom is -0.481 e. The fourth-order valence-corrected chi connectivity index (χ4v) is 6.60. The summed E-state index contributed by atoms with van der Waals surface area (Å²) in [6.45, 7) is 2.70. The lowest BCUT2D eigenvalue weighted by Crippen LogP contribution is -2.60. The van der Waals surface area contributed by atoms with Gasteiger partial charge in [0.25, 0.3) is 0 Å². The van der Waals surface area contributed by atoms with E-state index in [1.807, 2.05) is 13.8 Å². The lowest BCUT2D eigenvalue weighted by molar-refractivity contribution is -0.143. The summed E-state index contributed by atoms with van der Waals surface area (Å²) in [6.07, 6.45) is -0.110. The minimum atomic E-state index is -1.69. The Morgan fingerprint density at radius 3 is 1.80 bits per heavy atom. The van der Waals surface area contributed by atoms with Gasteiger partial charge in [-0.25, -0.2) is 4.79 Å². The van der Waals surface area contributed by atoms with E-state index in [0.717, 1.165) is 4.90 Å². The van der Waals surface area contributed by atoms with Gasteiger partial charge in [-0.3, -0.25) is 52.7 Å². The summed E-state index contributed by atoms with van der Waals surface area (Å²) >= 11 is 4.16. The zero-order valence-electron chi connectivity index (χ0n) is 37.0. The molecule has 1 aliphatic heterocycles. The Morgan fingerprint density at radius 1 is 0.697 bits per heavy atom. The number of carbonyl (C=O) groups excluding carboxylic acids is 10. The van der Waals surface area contributed by atoms with E-state index in [1.165, 1.54) is 6.92 Å². The third-order valence-corrected chi connectivity index (χ3v) is 10.1. The molecular weight excluding hydrogens is 897 g/mol. The minimum absolute atomic E-state index is 0.0106. The van der Waals surface area contributed by atoms with E-state index in [2.05, 4.69) is 55.2 Å². The van der Waals surface area contributed by atoms with Crippen LogP contribution in [0, 0.1) is 5.92 Å². The molecule has 1 rings (SSSR count). The second-order valence-corrected chi connectivity index (χ2v) is 16.1. The van der Waals surface area contributed by atoms with Gasteiger partial charge in [-0.05, 0) is 57.9 Å². The number of carboxylic acid groups (broad SMARTS) is 2. The van der Waals surface area contributed by atoms with Crippen molar-refractivity contribution in [2.45, 2.75) is 120 Å². The van der Waals surface area contributed by atoms with Gasteiger partial charge in [-0.2, -0.15) is 12.6 Å². The molecular formula is C38H64N12O15S. The number of nitrogens with two attached hydrogens (primary N) is 3. The molecule has 28 heteroatoms. The molecule has 10 amide bonds. The van der Waals surface area contributed by atoms with Crippen molar-refractivity contribution in [3.05, 3.63) is 0 Å². The average Bonchev–Trinajstić information content (AvgIpc) is 3.74. The van der Waals surface area contributed by atoms with Crippen molar-refractivity contribution in [3.8, 4) is 0 Å². The number of hydrogen-bond donors (Lipinski definition) is 15. The van der Waals surface area contributed by atoms with Gasteiger partial charge in [0.15, 0.2) is 0 Å². The number of nitrogens with zero attached hydrogens (tertiary/aromatic N) is 1. The van der Waals surface area contributed by atoms with Crippen LogP contribution < -0.4 is 59.7 Å². The molecule has 17 N–H and O–H groups in total. The Kier molecular flexibility index (Phi) is 25.8. The summed E-state index contributed by atoms with van der Waals surface area (Å²) in [4.78, 5) is 152. The third-order valence-electron chi connectivity index (χ3n) is 9.76. The van der Waals surface area contributed by atoms with Crippen LogP contribution in [-0.4, -0.2) is 178 Å². The van der Waals surface area contributed by atoms with E-state index in [4.69, 9.17) is 17.2 Å². The van der Waals surface area contributed by atoms with Gasteiger partial charge in [-0.15, -0.1) is 0 Å². The van der Waals surface area contributed by atoms with Gasteiger partial charge in [0, 0.05) is 12.3 Å². The van der Waals surface area contributed by atoms with Crippen molar-refractivity contribution in [3.63, 3.8) is 0 Å². The molecule has 0 radical (unpaired) electrons. The number of nitrogens with one attached hydrogen (secondary N) is 8. The lowest BCUT2D eigenvalue weighted by Gasteiger charge is -2.29. The maximum Gasteiger partial charge on any atom is 0.326 e. The molecule has 1 saturated heterocycles. The Morgan fingerprint density at radius 2 is 1.27 bits per heavy atom. The number of aliphatic hydroxyl groups is 1. The lowest BCUT2D eigenvalue weighted by atomic mass is 10.0. The Hall–Kier alpha value is -6.13. The van der Waals surface area contributed by atoms with E-state index in [9.17, 15) is 72.9 Å². The fourth-order valence-electron chi connectivity index (χ4n) is 6.34. The standard InChI is InChI=1S/C38H64N12O15S/c1-18(2)11-20(40)32(58)42-14-28(53)45-22(13-30(55)56)33(59)43-15-29(54)46-24(16-51)37(63)50-10-6-8-26(50)36(62)49-25(17-66)35(61)47-21(7-4-5-9-39)34(60)44-19(3)31(57)48-23(38(64)65)12-27(41)52/h18-26,51,66H,4-17,39-40H2,1-3H3,(H2,41,52)(H,42,58)(H,43,59)(H,44,60)(H,45,53)(H,46,54)(H,47,61)(H,48,57)(H,49,62)(H,55,56)(H,64,65)/t19-,20-,21-,22-,23-,24-,25-,26-/m0/s1. The molecule has 0 aromatic heterocycles. The molecule has 0 aliphatic carbocycles. The summed E-state index contributed by atoms with van der Waals surface area (Å²) in [5.74, 6) is -12.4. The van der Waals surface area contributed by atoms with Crippen LogP contribution in [0.15, 0.2) is 0 Å². The van der Waals surface area contributed by atoms with Crippen LogP contribution in [0.4, 0.5) is 0 Å². The highest BCUT2D eigenvalue weighted by Gasteiger charge is 2.39. The molecule has 1 aliphatic rings. The topological polar surface area (TPSA) is 443 Å². The number of aliphatic carboxylic acids is 2. The number of carboxylic acids is 2. The van der Waals surface area contributed by atoms with Crippen LogP contribution in [-0.2, 0) is 57.5 Å². The molecule has 0 unspecified atom stereocenters. The Bertz CT molecular complexity index is 1770. The Labute approximate surface area is 385 Å². The van der Waals surface area contributed by atoms with Crippen LogP contribution in [0.1, 0.15) is 72.1 Å². The van der Waals surface area contributed by atoms with Gasteiger partial charge in [0.05, 0.1) is 38.6 Å². The smallest absolute Gasteiger partial charge is 0.326 e. The van der Waals surface area contributed by atoms with Crippen LogP contribution in [0.2, 0.25) is 0 Å². The van der Waals surface area contributed by atoms with Crippen LogP contribution in [0.5, 0.6) is 0 Å².